The van der Waals surface area contributed by atoms with Gasteiger partial charge >= 0.3 is 0 Å². The van der Waals surface area contributed by atoms with Crippen LogP contribution in [0.15, 0.2) is 42.0 Å². The van der Waals surface area contributed by atoms with Gasteiger partial charge in [0.15, 0.2) is 16.6 Å². The topological polar surface area (TPSA) is 67.9 Å². The lowest BCUT2D eigenvalue weighted by Gasteiger charge is -2.29. The van der Waals surface area contributed by atoms with Crippen LogP contribution in [0.3, 0.4) is 0 Å². The Morgan fingerprint density at radius 1 is 1.11 bits per heavy atom. The van der Waals surface area contributed by atoms with Gasteiger partial charge < -0.3 is 9.47 Å². The average Bonchev–Trinajstić information content (AvgIpc) is 3.10. The Balaban J connectivity index is 1.75. The molecule has 0 aliphatic carbocycles. The largest absolute Gasteiger partial charge is 0.454 e. The van der Waals surface area contributed by atoms with Gasteiger partial charge in [0.05, 0.1) is 15.7 Å². The third-order valence-electron chi connectivity index (χ3n) is 3.98. The Labute approximate surface area is 169 Å². The van der Waals surface area contributed by atoms with Crippen molar-refractivity contribution in [2.45, 2.75) is 0 Å². The number of nitrogens with zero attached hydrogens (tertiary/aromatic N) is 1. The number of amides is 2. The molecule has 2 aliphatic heterocycles. The summed E-state index contributed by atoms with van der Waals surface area (Å²) in [6, 6.07) is 9.92. The molecule has 0 unspecified atom stereocenters. The van der Waals surface area contributed by atoms with Crippen LogP contribution in [0.2, 0.25) is 10.0 Å². The molecular weight excluding hydrogens is 411 g/mol. The number of halogens is 2. The first-order chi connectivity index (χ1) is 13.0. The second-order valence-corrected chi connectivity index (χ2v) is 6.82. The number of fused-ring (bicyclic) bond motifs is 1. The summed E-state index contributed by atoms with van der Waals surface area (Å²) in [5.74, 6) is -0.0639. The van der Waals surface area contributed by atoms with Crippen molar-refractivity contribution in [3.8, 4) is 11.5 Å². The number of rotatable bonds is 2. The second kappa shape index (κ2) is 6.84. The maximum atomic E-state index is 13.0. The maximum absolute atomic E-state index is 13.0. The van der Waals surface area contributed by atoms with E-state index in [1.807, 2.05) is 0 Å². The monoisotopic (exact) mass is 420 g/mol. The highest BCUT2D eigenvalue weighted by molar-refractivity contribution is 7.80. The first kappa shape index (κ1) is 17.8. The molecule has 2 amide bonds. The standard InChI is InChI=1S/C18H10Cl2N2O4S/c19-11-2-1-3-12(15(11)20)22-17(24)10(16(23)21-18(22)27)6-9-4-5-13-14(7-9)26-8-25-13/h1-7H,8H2,(H,21,23,27)/b10-6-. The van der Waals surface area contributed by atoms with Crippen molar-refractivity contribution in [1.29, 1.82) is 0 Å². The van der Waals surface area contributed by atoms with E-state index < -0.39 is 11.8 Å². The number of benzene rings is 2. The fourth-order valence-corrected chi connectivity index (χ4v) is 3.36. The van der Waals surface area contributed by atoms with Gasteiger partial charge in [-0.05, 0) is 48.1 Å². The number of hydrogen-bond acceptors (Lipinski definition) is 5. The highest BCUT2D eigenvalue weighted by atomic mass is 35.5. The van der Waals surface area contributed by atoms with Crippen LogP contribution in [0.25, 0.3) is 6.08 Å². The lowest BCUT2D eigenvalue weighted by Crippen LogP contribution is -2.54. The van der Waals surface area contributed by atoms with E-state index in [-0.39, 0.29) is 33.2 Å². The quantitative estimate of drug-likeness (QED) is 0.457. The van der Waals surface area contributed by atoms with Crippen LogP contribution in [0.5, 0.6) is 11.5 Å². The lowest BCUT2D eigenvalue weighted by molar-refractivity contribution is -0.122. The Hall–Kier alpha value is -2.61. The summed E-state index contributed by atoms with van der Waals surface area (Å²) in [5, 5.41) is 2.85. The van der Waals surface area contributed by atoms with Crippen LogP contribution in [0, 0.1) is 0 Å². The molecule has 136 valence electrons. The average molecular weight is 421 g/mol. The molecular formula is C18H10Cl2N2O4S. The lowest BCUT2D eigenvalue weighted by atomic mass is 10.1. The molecule has 1 fully saturated rings. The second-order valence-electron chi connectivity index (χ2n) is 5.64. The van der Waals surface area contributed by atoms with Crippen molar-refractivity contribution in [3.05, 3.63) is 57.6 Å². The molecule has 2 aliphatic rings. The molecule has 0 radical (unpaired) electrons. The summed E-state index contributed by atoms with van der Waals surface area (Å²) in [7, 11) is 0. The van der Waals surface area contributed by atoms with Crippen molar-refractivity contribution in [2.24, 2.45) is 0 Å². The van der Waals surface area contributed by atoms with E-state index >= 15 is 0 Å². The number of thiocarbonyl (C=S) groups is 1. The van der Waals surface area contributed by atoms with Gasteiger partial charge in [0.1, 0.15) is 5.57 Å². The van der Waals surface area contributed by atoms with Crippen LogP contribution in [0.1, 0.15) is 5.56 Å². The van der Waals surface area contributed by atoms with Crippen molar-refractivity contribution < 1.29 is 19.1 Å². The maximum Gasteiger partial charge on any atom is 0.270 e. The summed E-state index contributed by atoms with van der Waals surface area (Å²) < 4.78 is 10.6. The Bertz CT molecular complexity index is 1040. The molecule has 2 aromatic carbocycles. The number of anilines is 1. The van der Waals surface area contributed by atoms with Crippen LogP contribution in [-0.4, -0.2) is 23.7 Å². The molecule has 6 nitrogen and oxygen atoms in total. The van der Waals surface area contributed by atoms with E-state index in [1.54, 1.807) is 36.4 Å². The van der Waals surface area contributed by atoms with E-state index in [2.05, 4.69) is 5.32 Å². The van der Waals surface area contributed by atoms with Gasteiger partial charge in [-0.15, -0.1) is 0 Å². The molecule has 0 bridgehead atoms. The molecule has 0 aromatic heterocycles. The van der Waals surface area contributed by atoms with Gasteiger partial charge in [-0.2, -0.15) is 0 Å². The fourth-order valence-electron chi connectivity index (χ4n) is 2.71. The van der Waals surface area contributed by atoms with Gasteiger partial charge in [0.2, 0.25) is 6.79 Å². The highest BCUT2D eigenvalue weighted by Crippen LogP contribution is 2.35. The van der Waals surface area contributed by atoms with Crippen molar-refractivity contribution in [1.82, 2.24) is 5.32 Å². The summed E-state index contributed by atoms with van der Waals surface area (Å²) in [6.45, 7) is 0.129. The van der Waals surface area contributed by atoms with Crippen LogP contribution in [-0.2, 0) is 9.59 Å². The van der Waals surface area contributed by atoms with E-state index in [0.29, 0.717) is 17.1 Å². The Kier molecular flexibility index (Phi) is 4.51. The summed E-state index contributed by atoms with van der Waals surface area (Å²) in [6.07, 6.45) is 1.45. The summed E-state index contributed by atoms with van der Waals surface area (Å²) in [4.78, 5) is 26.5. The smallest absolute Gasteiger partial charge is 0.270 e. The first-order valence-corrected chi connectivity index (χ1v) is 8.87. The molecule has 27 heavy (non-hydrogen) atoms. The molecule has 0 atom stereocenters. The van der Waals surface area contributed by atoms with Gasteiger partial charge in [0, 0.05) is 0 Å². The number of carbonyl (C=O) groups excluding carboxylic acids is 2. The number of hydrogen-bond donors (Lipinski definition) is 1. The normalized spacial score (nSPS) is 17.5. The molecule has 2 aromatic rings. The molecule has 0 saturated carbocycles. The zero-order valence-corrected chi connectivity index (χ0v) is 15.8. The van der Waals surface area contributed by atoms with Crippen LogP contribution < -0.4 is 19.7 Å². The third kappa shape index (κ3) is 3.14. The zero-order chi connectivity index (χ0) is 19.1. The van der Waals surface area contributed by atoms with Crippen LogP contribution in [0.4, 0.5) is 5.69 Å². The van der Waals surface area contributed by atoms with Gasteiger partial charge in [-0.1, -0.05) is 35.3 Å². The molecule has 4 rings (SSSR count). The molecule has 0 spiro atoms. The van der Waals surface area contributed by atoms with E-state index in [0.717, 1.165) is 4.90 Å². The Morgan fingerprint density at radius 3 is 2.70 bits per heavy atom. The molecule has 2 heterocycles. The Morgan fingerprint density at radius 2 is 1.89 bits per heavy atom. The van der Waals surface area contributed by atoms with Gasteiger partial charge in [-0.25, -0.2) is 0 Å². The zero-order valence-electron chi connectivity index (χ0n) is 13.5. The first-order valence-electron chi connectivity index (χ1n) is 7.71. The van der Waals surface area contributed by atoms with Gasteiger partial charge in [0.25, 0.3) is 11.8 Å². The summed E-state index contributed by atoms with van der Waals surface area (Å²) in [5.41, 5.74) is 0.789. The van der Waals surface area contributed by atoms with E-state index in [9.17, 15) is 9.59 Å². The minimum atomic E-state index is -0.606. The van der Waals surface area contributed by atoms with Crippen molar-refractivity contribution in [2.75, 3.05) is 11.7 Å². The van der Waals surface area contributed by atoms with Gasteiger partial charge in [-0.3, -0.25) is 19.8 Å². The minimum absolute atomic E-state index is 0.0722. The van der Waals surface area contributed by atoms with Crippen molar-refractivity contribution >= 4 is 64.1 Å². The van der Waals surface area contributed by atoms with E-state index in [4.69, 9.17) is 44.9 Å². The number of carbonyl (C=O) groups is 2. The minimum Gasteiger partial charge on any atom is -0.454 e. The predicted octanol–water partition coefficient (Wildman–Crippen LogP) is 3.55. The molecule has 1 saturated heterocycles. The SMILES string of the molecule is O=C1NC(=S)N(c2cccc(Cl)c2Cl)C(=O)/C1=C\c1ccc2c(c1)OCO2. The molecule has 9 heteroatoms. The third-order valence-corrected chi connectivity index (χ3v) is 5.07. The van der Waals surface area contributed by atoms with E-state index in [1.165, 1.54) is 6.08 Å². The fraction of sp³-hybridized carbons (Fsp3) is 0.0556. The summed E-state index contributed by atoms with van der Waals surface area (Å²) >= 11 is 17.4. The predicted molar refractivity (Wildman–Crippen MR) is 105 cm³/mol. The number of ether oxygens (including phenoxy) is 2. The highest BCUT2D eigenvalue weighted by Gasteiger charge is 2.35. The molecule has 1 N–H and O–H groups in total. The number of nitrogens with one attached hydrogen (secondary N) is 1. The van der Waals surface area contributed by atoms with Crippen molar-refractivity contribution in [3.63, 3.8) is 0 Å². The van der Waals surface area contributed by atoms with Crippen LogP contribution >= 0.6 is 35.4 Å².